The smallest absolute Gasteiger partial charge is 0.0926 e. The van der Waals surface area contributed by atoms with Crippen molar-refractivity contribution in [1.82, 2.24) is 0 Å². The summed E-state index contributed by atoms with van der Waals surface area (Å²) in [5, 5.41) is 0. The summed E-state index contributed by atoms with van der Waals surface area (Å²) >= 11 is 0.655. The molecule has 0 atom stereocenters. The van der Waals surface area contributed by atoms with Crippen LogP contribution in [0.1, 0.15) is 24.0 Å². The maximum Gasteiger partial charge on any atom is 0.0926 e. The highest BCUT2D eigenvalue weighted by molar-refractivity contribution is 7.67. The van der Waals surface area contributed by atoms with Gasteiger partial charge in [-0.1, -0.05) is 24.3 Å². The molecule has 12 heavy (non-hydrogen) atoms. The van der Waals surface area contributed by atoms with Gasteiger partial charge in [0.05, 0.1) is 16.1 Å². The summed E-state index contributed by atoms with van der Waals surface area (Å²) in [4.78, 5) is 1.01. The predicted molar refractivity (Wildman–Crippen MR) is 51.6 cm³/mol. The van der Waals surface area contributed by atoms with E-state index in [2.05, 4.69) is 12.1 Å². The predicted octanol–water partition coefficient (Wildman–Crippen LogP) is 1.76. The summed E-state index contributed by atoms with van der Waals surface area (Å²) < 4.78 is 10.7. The van der Waals surface area contributed by atoms with Crippen molar-refractivity contribution < 1.29 is 4.21 Å². The molecule has 1 aliphatic carbocycles. The minimum Gasteiger partial charge on any atom is -0.212 e. The molecule has 0 saturated heterocycles. The van der Waals surface area contributed by atoms with E-state index in [9.17, 15) is 4.21 Å². The Hall–Kier alpha value is -0.890. The van der Waals surface area contributed by atoms with Crippen LogP contribution in [0.5, 0.6) is 0 Å². The molecule has 0 spiro atoms. The van der Waals surface area contributed by atoms with Crippen LogP contribution in [0.4, 0.5) is 0 Å². The molecule has 62 valence electrons. The third kappa shape index (κ3) is 1.23. The molecule has 0 bridgehead atoms. The first-order chi connectivity index (χ1) is 5.92. The molecule has 0 unspecified atom stereocenters. The molecule has 0 fully saturated rings. The molecular formula is C10H10OS. The lowest BCUT2D eigenvalue weighted by molar-refractivity contribution is 0.700. The van der Waals surface area contributed by atoms with E-state index in [-0.39, 0.29) is 0 Å². The quantitative estimate of drug-likeness (QED) is 0.553. The zero-order chi connectivity index (χ0) is 8.39. The van der Waals surface area contributed by atoms with E-state index in [1.165, 1.54) is 11.1 Å². The van der Waals surface area contributed by atoms with E-state index in [1.807, 2.05) is 12.1 Å². The molecule has 0 aliphatic heterocycles. The molecule has 0 amide bonds. The van der Waals surface area contributed by atoms with Crippen molar-refractivity contribution in [3.05, 3.63) is 35.4 Å². The van der Waals surface area contributed by atoms with Crippen LogP contribution in [0.2, 0.25) is 0 Å². The lowest BCUT2D eigenvalue weighted by atomic mass is 9.92. The van der Waals surface area contributed by atoms with Gasteiger partial charge < -0.3 is 0 Å². The highest BCUT2D eigenvalue weighted by Crippen LogP contribution is 2.20. The van der Waals surface area contributed by atoms with Gasteiger partial charge in [-0.2, -0.15) is 0 Å². The molecule has 2 rings (SSSR count). The fraction of sp³-hybridized carbons (Fsp3) is 0.300. The Kier molecular flexibility index (Phi) is 2.09. The summed E-state index contributed by atoms with van der Waals surface area (Å²) in [6.07, 6.45) is 3.22. The zero-order valence-corrected chi connectivity index (χ0v) is 7.56. The Morgan fingerprint density at radius 3 is 2.83 bits per heavy atom. The zero-order valence-electron chi connectivity index (χ0n) is 6.75. The van der Waals surface area contributed by atoms with Gasteiger partial charge in [0.15, 0.2) is 0 Å². The minimum atomic E-state index is 0.655. The summed E-state index contributed by atoms with van der Waals surface area (Å²) in [6.45, 7) is 0. The standard InChI is InChI=1S/C10H10OS/c11-12-10-7-3-5-8-4-1-2-6-9(8)10/h1-2,4,6H,3,5,7H2. The number of hydrogen-bond acceptors (Lipinski definition) is 1. The molecule has 1 aromatic rings. The minimum absolute atomic E-state index is 0.655. The molecule has 0 N–H and O–H groups in total. The van der Waals surface area contributed by atoms with Crippen LogP contribution in [0.15, 0.2) is 24.3 Å². The van der Waals surface area contributed by atoms with Gasteiger partial charge in [0.25, 0.3) is 0 Å². The lowest BCUT2D eigenvalue weighted by Crippen LogP contribution is -2.10. The van der Waals surface area contributed by atoms with Crippen LogP contribution in [0.25, 0.3) is 0 Å². The van der Waals surface area contributed by atoms with Crippen LogP contribution in [-0.4, -0.2) is 9.07 Å². The fourth-order valence-corrected chi connectivity index (χ4v) is 2.19. The first-order valence-electron chi connectivity index (χ1n) is 4.16. The van der Waals surface area contributed by atoms with E-state index < -0.39 is 0 Å². The second kappa shape index (κ2) is 3.23. The number of hydrogen-bond donors (Lipinski definition) is 0. The third-order valence-electron chi connectivity index (χ3n) is 2.27. The molecule has 1 aliphatic rings. The number of fused-ring (bicyclic) bond motifs is 1. The first-order valence-corrected chi connectivity index (χ1v) is 4.90. The van der Waals surface area contributed by atoms with Crippen LogP contribution in [0, 0.1) is 0 Å². The van der Waals surface area contributed by atoms with Gasteiger partial charge in [-0.05, 0) is 30.4 Å². The molecular weight excluding hydrogens is 168 g/mol. The summed E-state index contributed by atoms with van der Waals surface area (Å²) in [5.74, 6) is 0. The van der Waals surface area contributed by atoms with E-state index in [0.717, 1.165) is 24.1 Å². The van der Waals surface area contributed by atoms with Gasteiger partial charge in [0.2, 0.25) is 0 Å². The van der Waals surface area contributed by atoms with Crippen molar-refractivity contribution in [2.24, 2.45) is 0 Å². The third-order valence-corrected chi connectivity index (χ3v) is 2.89. The summed E-state index contributed by atoms with van der Waals surface area (Å²) in [7, 11) is 0. The lowest BCUT2D eigenvalue weighted by Gasteiger charge is -2.15. The van der Waals surface area contributed by atoms with Crippen molar-refractivity contribution in [1.29, 1.82) is 0 Å². The van der Waals surface area contributed by atoms with E-state index in [0.29, 0.717) is 11.3 Å². The largest absolute Gasteiger partial charge is 0.212 e. The molecule has 0 saturated carbocycles. The number of benzene rings is 1. The van der Waals surface area contributed by atoms with Crippen molar-refractivity contribution >= 4 is 16.1 Å². The average molecular weight is 178 g/mol. The van der Waals surface area contributed by atoms with Gasteiger partial charge in [-0.15, -0.1) is 0 Å². The molecule has 0 radical (unpaired) electrons. The van der Waals surface area contributed by atoms with Gasteiger partial charge in [-0.25, -0.2) is 4.21 Å². The first kappa shape index (κ1) is 7.74. The van der Waals surface area contributed by atoms with Gasteiger partial charge >= 0.3 is 0 Å². The molecule has 0 heterocycles. The number of aryl methyl sites for hydroxylation is 1. The highest BCUT2D eigenvalue weighted by Gasteiger charge is 2.13. The van der Waals surface area contributed by atoms with Crippen molar-refractivity contribution in [2.75, 3.05) is 0 Å². The Balaban J connectivity index is 2.58. The van der Waals surface area contributed by atoms with E-state index in [4.69, 9.17) is 0 Å². The Bertz CT molecular complexity index is 351. The molecule has 2 heteroatoms. The summed E-state index contributed by atoms with van der Waals surface area (Å²) in [6, 6.07) is 8.21. The van der Waals surface area contributed by atoms with E-state index >= 15 is 0 Å². The topological polar surface area (TPSA) is 17.1 Å². The Morgan fingerprint density at radius 2 is 2.00 bits per heavy atom. The Morgan fingerprint density at radius 1 is 1.17 bits per heavy atom. The Labute approximate surface area is 75.5 Å². The van der Waals surface area contributed by atoms with Gasteiger partial charge in [-0.3, -0.25) is 0 Å². The van der Waals surface area contributed by atoms with Crippen molar-refractivity contribution in [3.8, 4) is 0 Å². The van der Waals surface area contributed by atoms with Crippen LogP contribution in [-0.2, 0) is 17.7 Å². The average Bonchev–Trinajstić information content (AvgIpc) is 2.17. The van der Waals surface area contributed by atoms with Crippen LogP contribution >= 0.6 is 0 Å². The van der Waals surface area contributed by atoms with Gasteiger partial charge in [0.1, 0.15) is 0 Å². The maximum absolute atomic E-state index is 10.7. The van der Waals surface area contributed by atoms with Crippen molar-refractivity contribution in [2.45, 2.75) is 19.3 Å². The fourth-order valence-electron chi connectivity index (χ4n) is 1.67. The van der Waals surface area contributed by atoms with Crippen LogP contribution in [0.3, 0.4) is 0 Å². The molecule has 0 aromatic heterocycles. The second-order valence-corrected chi connectivity index (χ2v) is 3.68. The number of rotatable bonds is 0. The maximum atomic E-state index is 10.7. The van der Waals surface area contributed by atoms with Crippen molar-refractivity contribution in [3.63, 3.8) is 0 Å². The molecule has 1 aromatic carbocycles. The van der Waals surface area contributed by atoms with E-state index in [1.54, 1.807) is 0 Å². The monoisotopic (exact) mass is 178 g/mol. The second-order valence-electron chi connectivity index (χ2n) is 3.02. The van der Waals surface area contributed by atoms with Gasteiger partial charge in [0, 0.05) is 0 Å². The highest BCUT2D eigenvalue weighted by atomic mass is 32.1. The summed E-state index contributed by atoms with van der Waals surface area (Å²) in [5.41, 5.74) is 2.52. The molecule has 1 nitrogen and oxygen atoms in total. The normalized spacial score (nSPS) is 15.5. The van der Waals surface area contributed by atoms with Crippen LogP contribution < -0.4 is 0 Å². The SMILES string of the molecule is O=S=C1CCCc2ccccc21.